The molecule has 3 N–H and O–H groups in total. The molecule has 0 heterocycles. The number of likely N-dealkylation sites (N-methyl/N-ethyl adjacent to an activating group) is 2. The molecule has 1 aromatic carbocycles. The van der Waals surface area contributed by atoms with Gasteiger partial charge in [-0.2, -0.15) is 0 Å². The number of anilines is 1. The molecule has 0 fully saturated rings. The summed E-state index contributed by atoms with van der Waals surface area (Å²) in [6, 6.07) is 5.49. The molecule has 0 saturated heterocycles. The van der Waals surface area contributed by atoms with E-state index in [0.29, 0.717) is 51.6 Å². The first kappa shape index (κ1) is 58.4. The fourth-order valence-electron chi connectivity index (χ4n) is 8.36. The predicted molar refractivity (Wildman–Crippen MR) is 254 cm³/mol. The second-order valence-corrected chi connectivity index (χ2v) is 18.9. The van der Waals surface area contributed by atoms with E-state index in [2.05, 4.69) is 16.0 Å². The van der Waals surface area contributed by atoms with Crippen molar-refractivity contribution in [3.05, 3.63) is 29.8 Å². The van der Waals surface area contributed by atoms with Gasteiger partial charge >= 0.3 is 6.09 Å². The van der Waals surface area contributed by atoms with Crippen LogP contribution in [0.5, 0.6) is 0 Å². The lowest BCUT2D eigenvalue weighted by Crippen LogP contribution is -2.53. The predicted octanol–water partition coefficient (Wildman–Crippen LogP) is 7.18. The van der Waals surface area contributed by atoms with Gasteiger partial charge in [-0.05, 0) is 86.8 Å². The van der Waals surface area contributed by atoms with Crippen molar-refractivity contribution in [2.75, 3.05) is 39.6 Å². The standard InChI is InChI=1S/C50H83N5O10/c1-14-35(8)48(44(64-13)26-37(10)58)54(11)49(62)41(32(2)3)28-43(60)47(34(6)7)55(12)50(63)65-30-38-21-23-40(24-22-38)52-29-39(19-17-25-51-31-56)27-42(59)46(33(4)5)53-45(61)20-16-15-18-36(9)57/h21-24,31-35,39,41,44,46-48,52H,14-20,25-30H2,1-13H3,(H,51,56)(H,53,61)/t35-,39+,41+,44+,46-,47-,48-/m0/s1. The van der Waals surface area contributed by atoms with E-state index in [0.717, 1.165) is 17.7 Å². The van der Waals surface area contributed by atoms with Crippen LogP contribution in [0.3, 0.4) is 0 Å². The van der Waals surface area contributed by atoms with Gasteiger partial charge in [0.1, 0.15) is 18.2 Å². The number of hydrogen-bond donors (Lipinski definition) is 3. The van der Waals surface area contributed by atoms with Crippen LogP contribution >= 0.6 is 0 Å². The Labute approximate surface area is 389 Å². The van der Waals surface area contributed by atoms with Gasteiger partial charge in [-0.3, -0.25) is 28.8 Å². The van der Waals surface area contributed by atoms with E-state index in [9.17, 15) is 38.4 Å². The number of hydrogen-bond acceptors (Lipinski definition) is 11. The molecule has 4 amide bonds. The fraction of sp³-hybridized carbons (Fsp3) is 0.720. The highest BCUT2D eigenvalue weighted by Crippen LogP contribution is 2.28. The van der Waals surface area contributed by atoms with Gasteiger partial charge in [0.25, 0.3) is 0 Å². The molecule has 1 aromatic rings. The number of rotatable bonds is 34. The number of ketones is 4. The van der Waals surface area contributed by atoms with E-state index >= 15 is 0 Å². The van der Waals surface area contributed by atoms with Gasteiger partial charge in [-0.25, -0.2) is 4.79 Å². The third-order valence-corrected chi connectivity index (χ3v) is 12.3. The highest BCUT2D eigenvalue weighted by molar-refractivity contribution is 5.92. The van der Waals surface area contributed by atoms with Gasteiger partial charge in [0, 0.05) is 78.0 Å². The maximum absolute atomic E-state index is 14.2. The number of nitrogens with one attached hydrogen (secondary N) is 3. The minimum Gasteiger partial charge on any atom is -0.445 e. The van der Waals surface area contributed by atoms with Crippen molar-refractivity contribution in [3.8, 4) is 0 Å². The summed E-state index contributed by atoms with van der Waals surface area (Å²) in [4.78, 5) is 105. The Morgan fingerprint density at radius 1 is 0.754 bits per heavy atom. The number of unbranched alkanes of at least 4 members (excludes halogenated alkanes) is 1. The average molecular weight is 914 g/mol. The summed E-state index contributed by atoms with van der Waals surface area (Å²) in [5, 5.41) is 8.99. The topological polar surface area (TPSA) is 198 Å². The van der Waals surface area contributed by atoms with E-state index in [1.54, 1.807) is 19.1 Å². The molecule has 0 aliphatic rings. The molecule has 0 saturated carbocycles. The third kappa shape index (κ3) is 21.0. The largest absolute Gasteiger partial charge is 0.445 e. The molecule has 0 bridgehead atoms. The zero-order chi connectivity index (χ0) is 49.4. The molecular formula is C50H83N5O10. The van der Waals surface area contributed by atoms with Gasteiger partial charge in [0.05, 0.1) is 24.2 Å². The number of ether oxygens (including phenoxy) is 2. The first-order valence-electron chi connectivity index (χ1n) is 23.6. The van der Waals surface area contributed by atoms with Crippen LogP contribution in [0, 0.1) is 35.5 Å². The molecular weight excluding hydrogens is 831 g/mol. The molecule has 0 aliphatic carbocycles. The minimum absolute atomic E-state index is 0.0317. The molecule has 15 heteroatoms. The number of methoxy groups -OCH3 is 1. The first-order valence-corrected chi connectivity index (χ1v) is 23.6. The van der Waals surface area contributed by atoms with Crippen LogP contribution in [0.4, 0.5) is 10.5 Å². The summed E-state index contributed by atoms with van der Waals surface area (Å²) in [6.45, 7) is 19.3. The SMILES string of the molecule is CC[C@H](C)[C@@H]([C@@H](CC(C)=O)OC)N(C)C(=O)[C@H](CC(=O)[C@H](C(C)C)N(C)C(=O)OCc1ccc(NC[C@H](CCCNC=O)CC(=O)[C@@H](NC(=O)CCCCC(C)=O)C(C)C)cc1)C(C)C. The fourth-order valence-corrected chi connectivity index (χ4v) is 8.36. The van der Waals surface area contributed by atoms with E-state index < -0.39 is 30.2 Å². The third-order valence-electron chi connectivity index (χ3n) is 12.3. The van der Waals surface area contributed by atoms with E-state index in [-0.39, 0.29) is 103 Å². The van der Waals surface area contributed by atoms with Gasteiger partial charge in [-0.1, -0.05) is 73.9 Å². The van der Waals surface area contributed by atoms with Crippen LogP contribution < -0.4 is 16.0 Å². The molecule has 1 rings (SSSR count). The smallest absolute Gasteiger partial charge is 0.410 e. The number of carbonyl (C=O) groups excluding carboxylic acids is 8. The number of nitrogens with zero attached hydrogens (tertiary/aromatic N) is 2. The Balaban J connectivity index is 3.02. The quantitative estimate of drug-likeness (QED) is 0.0468. The molecule has 65 heavy (non-hydrogen) atoms. The maximum atomic E-state index is 14.2. The van der Waals surface area contributed by atoms with Crippen LogP contribution in [0.25, 0.3) is 0 Å². The van der Waals surface area contributed by atoms with E-state index in [4.69, 9.17) is 9.47 Å². The Hall–Kier alpha value is -4.66. The van der Waals surface area contributed by atoms with Crippen molar-refractivity contribution in [1.82, 2.24) is 20.4 Å². The Kier molecular flexibility index (Phi) is 27.4. The summed E-state index contributed by atoms with van der Waals surface area (Å²) in [7, 11) is 4.79. The van der Waals surface area contributed by atoms with Crippen molar-refractivity contribution < 1.29 is 47.8 Å². The van der Waals surface area contributed by atoms with Gasteiger partial charge in [-0.15, -0.1) is 0 Å². The second-order valence-electron chi connectivity index (χ2n) is 18.9. The molecule has 7 atom stereocenters. The van der Waals surface area contributed by atoms with Crippen molar-refractivity contribution in [1.29, 1.82) is 0 Å². The number of benzene rings is 1. The first-order chi connectivity index (χ1) is 30.6. The van der Waals surface area contributed by atoms with Crippen LogP contribution in [0.1, 0.15) is 139 Å². The van der Waals surface area contributed by atoms with Crippen molar-refractivity contribution in [2.45, 2.75) is 164 Å². The monoisotopic (exact) mass is 914 g/mol. The van der Waals surface area contributed by atoms with E-state index in [1.165, 1.54) is 25.8 Å². The molecule has 0 spiro atoms. The highest BCUT2D eigenvalue weighted by atomic mass is 16.6. The summed E-state index contributed by atoms with van der Waals surface area (Å²) < 4.78 is 11.4. The van der Waals surface area contributed by atoms with Gasteiger partial charge in [0.15, 0.2) is 11.6 Å². The summed E-state index contributed by atoms with van der Waals surface area (Å²) in [6.07, 6.45) is 3.76. The molecule has 368 valence electrons. The normalized spacial score (nSPS) is 14.6. The Morgan fingerprint density at radius 3 is 1.91 bits per heavy atom. The van der Waals surface area contributed by atoms with Crippen LogP contribution in [-0.2, 0) is 49.6 Å². The lowest BCUT2D eigenvalue weighted by molar-refractivity contribution is -0.146. The van der Waals surface area contributed by atoms with Crippen molar-refractivity contribution >= 4 is 53.1 Å². The summed E-state index contributed by atoms with van der Waals surface area (Å²) >= 11 is 0. The maximum Gasteiger partial charge on any atom is 0.410 e. The second kappa shape index (κ2) is 30.5. The minimum atomic E-state index is -0.840. The van der Waals surface area contributed by atoms with Crippen LogP contribution in [0.15, 0.2) is 24.3 Å². The van der Waals surface area contributed by atoms with Gasteiger partial charge in [0.2, 0.25) is 18.2 Å². The van der Waals surface area contributed by atoms with Crippen LogP contribution in [-0.4, -0.2) is 116 Å². The molecule has 0 aromatic heterocycles. The molecule has 0 radical (unpaired) electrons. The van der Waals surface area contributed by atoms with Crippen molar-refractivity contribution in [3.63, 3.8) is 0 Å². The molecule has 0 unspecified atom stereocenters. The molecule has 0 aliphatic heterocycles. The number of Topliss-reactive ketones (excluding diaryl/α,β-unsaturated/α-hetero) is 4. The molecule has 15 nitrogen and oxygen atoms in total. The lowest BCUT2D eigenvalue weighted by Gasteiger charge is -2.40. The van der Waals surface area contributed by atoms with Gasteiger partial charge < -0.3 is 40.0 Å². The Morgan fingerprint density at radius 2 is 1.38 bits per heavy atom. The summed E-state index contributed by atoms with van der Waals surface area (Å²) in [5.74, 6) is -1.96. The number of amides is 4. The van der Waals surface area contributed by atoms with Crippen LogP contribution in [0.2, 0.25) is 0 Å². The van der Waals surface area contributed by atoms with E-state index in [1.807, 2.05) is 79.7 Å². The van der Waals surface area contributed by atoms with Crippen molar-refractivity contribution in [2.24, 2.45) is 35.5 Å². The lowest BCUT2D eigenvalue weighted by atomic mass is 9.83. The Bertz CT molecular complexity index is 1670. The number of carbonyl (C=O) groups is 8. The highest BCUT2D eigenvalue weighted by Gasteiger charge is 2.39. The average Bonchev–Trinajstić information content (AvgIpc) is 3.24. The zero-order valence-corrected chi connectivity index (χ0v) is 41.8. The zero-order valence-electron chi connectivity index (χ0n) is 41.8. The summed E-state index contributed by atoms with van der Waals surface area (Å²) in [5.41, 5.74) is 1.51.